The van der Waals surface area contributed by atoms with Crippen molar-refractivity contribution in [2.24, 2.45) is 0 Å². The first-order chi connectivity index (χ1) is 11.1. The van der Waals surface area contributed by atoms with E-state index in [1.165, 1.54) is 27.4 Å². The SMILES string of the molecule is Brc1ccc2c(c1)c1cc(Br)cc(Br)c1n2Cc1ccccc1. The molecule has 3 aromatic carbocycles. The summed E-state index contributed by atoms with van der Waals surface area (Å²) in [6, 6.07) is 21.4. The molecule has 0 spiro atoms. The van der Waals surface area contributed by atoms with Crippen LogP contribution in [0.15, 0.2) is 74.1 Å². The molecule has 0 radical (unpaired) electrons. The first-order valence-electron chi connectivity index (χ1n) is 7.24. The summed E-state index contributed by atoms with van der Waals surface area (Å²) in [5.41, 5.74) is 3.76. The molecule has 0 atom stereocenters. The van der Waals surface area contributed by atoms with Crippen molar-refractivity contribution in [2.45, 2.75) is 6.54 Å². The molecule has 0 unspecified atom stereocenters. The minimum atomic E-state index is 0.850. The predicted octanol–water partition coefficient (Wildman–Crippen LogP) is 7.13. The number of halogens is 3. The lowest BCUT2D eigenvalue weighted by molar-refractivity contribution is 0.867. The van der Waals surface area contributed by atoms with Crippen LogP contribution in [0.5, 0.6) is 0 Å². The van der Waals surface area contributed by atoms with Crippen LogP contribution >= 0.6 is 47.8 Å². The Morgan fingerprint density at radius 2 is 1.48 bits per heavy atom. The van der Waals surface area contributed by atoms with Gasteiger partial charge in [0.1, 0.15) is 0 Å². The molecular formula is C19H12Br3N. The van der Waals surface area contributed by atoms with Gasteiger partial charge in [0.25, 0.3) is 0 Å². The summed E-state index contributed by atoms with van der Waals surface area (Å²) in [5, 5.41) is 2.51. The maximum absolute atomic E-state index is 3.75. The van der Waals surface area contributed by atoms with Crippen molar-refractivity contribution in [3.8, 4) is 0 Å². The first kappa shape index (κ1) is 15.4. The molecule has 0 saturated carbocycles. The Labute approximate surface area is 159 Å². The van der Waals surface area contributed by atoms with E-state index in [2.05, 4.69) is 113 Å². The van der Waals surface area contributed by atoms with Gasteiger partial charge < -0.3 is 4.57 Å². The first-order valence-corrected chi connectivity index (χ1v) is 9.62. The molecule has 4 aromatic rings. The molecule has 4 heteroatoms. The molecule has 0 aliphatic rings. The summed E-state index contributed by atoms with van der Waals surface area (Å²) in [5.74, 6) is 0. The molecule has 0 aliphatic carbocycles. The predicted molar refractivity (Wildman–Crippen MR) is 108 cm³/mol. The molecular weight excluding hydrogens is 482 g/mol. The molecule has 0 amide bonds. The van der Waals surface area contributed by atoms with Crippen LogP contribution in [-0.2, 0) is 6.54 Å². The number of rotatable bonds is 2. The molecule has 0 bridgehead atoms. The normalized spacial score (nSPS) is 11.4. The van der Waals surface area contributed by atoms with E-state index in [1.807, 2.05) is 0 Å². The fourth-order valence-electron chi connectivity index (χ4n) is 3.06. The summed E-state index contributed by atoms with van der Waals surface area (Å²) in [4.78, 5) is 0. The molecule has 1 heterocycles. The van der Waals surface area contributed by atoms with E-state index in [0.717, 1.165) is 20.0 Å². The van der Waals surface area contributed by atoms with E-state index in [1.54, 1.807) is 0 Å². The minimum absolute atomic E-state index is 0.850. The van der Waals surface area contributed by atoms with Gasteiger partial charge in [-0.1, -0.05) is 62.2 Å². The van der Waals surface area contributed by atoms with Crippen LogP contribution in [-0.4, -0.2) is 4.57 Å². The monoisotopic (exact) mass is 491 g/mol. The molecule has 1 aromatic heterocycles. The van der Waals surface area contributed by atoms with Crippen molar-refractivity contribution < 1.29 is 0 Å². The number of hydrogen-bond donors (Lipinski definition) is 0. The van der Waals surface area contributed by atoms with Crippen LogP contribution in [0.1, 0.15) is 5.56 Å². The highest BCUT2D eigenvalue weighted by Gasteiger charge is 2.14. The lowest BCUT2D eigenvalue weighted by Gasteiger charge is -2.09. The van der Waals surface area contributed by atoms with Gasteiger partial charge in [0.2, 0.25) is 0 Å². The van der Waals surface area contributed by atoms with Gasteiger partial charge in [-0.3, -0.25) is 0 Å². The van der Waals surface area contributed by atoms with Crippen LogP contribution in [0.2, 0.25) is 0 Å². The molecule has 0 fully saturated rings. The Balaban J connectivity index is 2.07. The van der Waals surface area contributed by atoms with Crippen molar-refractivity contribution in [3.63, 3.8) is 0 Å². The zero-order chi connectivity index (χ0) is 16.0. The average Bonchev–Trinajstić information content (AvgIpc) is 2.82. The van der Waals surface area contributed by atoms with Gasteiger partial charge in [0.15, 0.2) is 0 Å². The van der Waals surface area contributed by atoms with E-state index < -0.39 is 0 Å². The fraction of sp³-hybridized carbons (Fsp3) is 0.0526. The molecule has 0 saturated heterocycles. The van der Waals surface area contributed by atoms with Crippen LogP contribution in [0.4, 0.5) is 0 Å². The topological polar surface area (TPSA) is 4.93 Å². The summed E-state index contributed by atoms with van der Waals surface area (Å²) in [6.45, 7) is 0.850. The Kier molecular flexibility index (Phi) is 4.08. The number of benzene rings is 3. The lowest BCUT2D eigenvalue weighted by Crippen LogP contribution is -1.99. The van der Waals surface area contributed by atoms with Crippen LogP contribution in [0.25, 0.3) is 21.8 Å². The highest BCUT2D eigenvalue weighted by atomic mass is 79.9. The third kappa shape index (κ3) is 2.77. The summed E-state index contributed by atoms with van der Waals surface area (Å²) in [6.07, 6.45) is 0. The summed E-state index contributed by atoms with van der Waals surface area (Å²) >= 11 is 11.0. The quantitative estimate of drug-likeness (QED) is 0.280. The highest BCUT2D eigenvalue weighted by molar-refractivity contribution is 9.11. The van der Waals surface area contributed by atoms with Gasteiger partial charge in [-0.25, -0.2) is 0 Å². The van der Waals surface area contributed by atoms with Crippen LogP contribution in [0, 0.1) is 0 Å². The van der Waals surface area contributed by atoms with Crippen LogP contribution in [0.3, 0.4) is 0 Å². The summed E-state index contributed by atoms with van der Waals surface area (Å²) in [7, 11) is 0. The Bertz CT molecular complexity index is 1020. The van der Waals surface area contributed by atoms with Crippen molar-refractivity contribution in [1.82, 2.24) is 4.57 Å². The van der Waals surface area contributed by atoms with Gasteiger partial charge >= 0.3 is 0 Å². The van der Waals surface area contributed by atoms with Crippen molar-refractivity contribution in [2.75, 3.05) is 0 Å². The number of fused-ring (bicyclic) bond motifs is 3. The van der Waals surface area contributed by atoms with E-state index in [9.17, 15) is 0 Å². The van der Waals surface area contributed by atoms with Crippen LogP contribution < -0.4 is 0 Å². The van der Waals surface area contributed by atoms with Crippen molar-refractivity contribution in [1.29, 1.82) is 0 Å². The molecule has 114 valence electrons. The van der Waals surface area contributed by atoms with Gasteiger partial charge in [0.05, 0.1) is 5.52 Å². The molecule has 23 heavy (non-hydrogen) atoms. The van der Waals surface area contributed by atoms with Gasteiger partial charge in [-0.15, -0.1) is 0 Å². The lowest BCUT2D eigenvalue weighted by atomic mass is 10.2. The standard InChI is InChI=1S/C19H12Br3N/c20-13-6-7-18-15(8-13)16-9-14(21)10-17(22)19(16)23(18)11-12-4-2-1-3-5-12/h1-10H,11H2. The van der Waals surface area contributed by atoms with Gasteiger partial charge in [0, 0.05) is 36.3 Å². The second-order valence-corrected chi connectivity index (χ2v) is 8.20. The van der Waals surface area contributed by atoms with Crippen molar-refractivity contribution >= 4 is 69.6 Å². The van der Waals surface area contributed by atoms with E-state index in [0.29, 0.717) is 0 Å². The van der Waals surface area contributed by atoms with Gasteiger partial charge in [-0.2, -0.15) is 0 Å². The number of hydrogen-bond acceptors (Lipinski definition) is 0. The Hall–Kier alpha value is -1.10. The number of aromatic nitrogens is 1. The number of nitrogens with zero attached hydrogens (tertiary/aromatic N) is 1. The smallest absolute Gasteiger partial charge is 0.0639 e. The minimum Gasteiger partial charge on any atom is -0.335 e. The maximum atomic E-state index is 3.75. The third-order valence-electron chi connectivity index (χ3n) is 4.02. The fourth-order valence-corrected chi connectivity index (χ4v) is 4.86. The Morgan fingerprint density at radius 1 is 0.739 bits per heavy atom. The van der Waals surface area contributed by atoms with E-state index in [4.69, 9.17) is 0 Å². The maximum Gasteiger partial charge on any atom is 0.0639 e. The average molecular weight is 494 g/mol. The zero-order valence-corrected chi connectivity index (χ0v) is 16.8. The van der Waals surface area contributed by atoms with E-state index in [-0.39, 0.29) is 0 Å². The second kappa shape index (κ2) is 6.08. The molecule has 0 N–H and O–H groups in total. The van der Waals surface area contributed by atoms with Crippen molar-refractivity contribution in [3.05, 3.63) is 79.6 Å². The summed E-state index contributed by atoms with van der Waals surface area (Å²) < 4.78 is 5.66. The molecule has 4 rings (SSSR count). The zero-order valence-electron chi connectivity index (χ0n) is 12.1. The second-order valence-electron chi connectivity index (χ2n) is 5.52. The Morgan fingerprint density at radius 3 is 2.26 bits per heavy atom. The highest BCUT2D eigenvalue weighted by Crippen LogP contribution is 2.37. The third-order valence-corrected chi connectivity index (χ3v) is 5.58. The molecule has 1 nitrogen and oxygen atoms in total. The molecule has 0 aliphatic heterocycles. The van der Waals surface area contributed by atoms with E-state index >= 15 is 0 Å². The largest absolute Gasteiger partial charge is 0.335 e. The van der Waals surface area contributed by atoms with Gasteiger partial charge in [-0.05, 0) is 51.8 Å².